The number of allylic oxidation sites excluding steroid dienone is 7. The van der Waals surface area contributed by atoms with E-state index in [1.807, 2.05) is 32.9 Å². The Morgan fingerprint density at radius 1 is 1.16 bits per heavy atom. The maximum atomic E-state index is 12.7. The third-order valence-corrected chi connectivity index (χ3v) is 6.35. The molecule has 2 unspecified atom stereocenters. The summed E-state index contributed by atoms with van der Waals surface area (Å²) in [5.41, 5.74) is -0.776. The number of hydrogen-bond donors (Lipinski definition) is 0. The molecule has 0 aromatic heterocycles. The van der Waals surface area contributed by atoms with Crippen LogP contribution in [0.25, 0.3) is 0 Å². The van der Waals surface area contributed by atoms with Gasteiger partial charge in [0.15, 0.2) is 11.6 Å². The first kappa shape index (κ1) is 17.1. The summed E-state index contributed by atoms with van der Waals surface area (Å²) in [4.78, 5) is 25.1. The number of ketones is 2. The first-order valence-electron chi connectivity index (χ1n) is 8.37. The fourth-order valence-corrected chi connectivity index (χ4v) is 5.09. The Morgan fingerprint density at radius 3 is 2.36 bits per heavy atom. The Balaban J connectivity index is 2.30. The summed E-state index contributed by atoms with van der Waals surface area (Å²) >= 11 is 0. The topological polar surface area (TPSA) is 81.7 Å². The highest BCUT2D eigenvalue weighted by Gasteiger charge is 2.59. The van der Waals surface area contributed by atoms with E-state index in [1.54, 1.807) is 18.2 Å². The number of rotatable bonds is 1. The molecule has 4 nitrogen and oxygen atoms in total. The van der Waals surface area contributed by atoms with Crippen LogP contribution in [0.1, 0.15) is 33.6 Å². The molecule has 0 radical (unpaired) electrons. The van der Waals surface area contributed by atoms with Gasteiger partial charge in [-0.25, -0.2) is 0 Å². The molecule has 3 aliphatic carbocycles. The minimum absolute atomic E-state index is 0.0197. The zero-order valence-corrected chi connectivity index (χ0v) is 14.7. The lowest BCUT2D eigenvalue weighted by Gasteiger charge is -2.57. The van der Waals surface area contributed by atoms with Gasteiger partial charge in [-0.15, -0.1) is 6.58 Å². The summed E-state index contributed by atoms with van der Waals surface area (Å²) < 4.78 is 0. The van der Waals surface area contributed by atoms with Gasteiger partial charge in [0.25, 0.3) is 0 Å². The SMILES string of the molecule is C=C[C@]12C=C(C#N)C(=O)C=C1C1(C)C=C(C#N)C(=O)C(C)(C)C1CC2. The quantitative estimate of drug-likeness (QED) is 0.687. The van der Waals surface area contributed by atoms with E-state index in [9.17, 15) is 20.1 Å². The van der Waals surface area contributed by atoms with Crippen molar-refractivity contribution in [2.75, 3.05) is 0 Å². The minimum atomic E-state index is -0.689. The average Bonchev–Trinajstić information content (AvgIpc) is 2.58. The summed E-state index contributed by atoms with van der Waals surface area (Å²) in [6.45, 7) is 9.71. The number of Topliss-reactive ketones (excluding diaryl/α,β-unsaturated/α-hetero) is 1. The van der Waals surface area contributed by atoms with Gasteiger partial charge in [0.2, 0.25) is 0 Å². The molecule has 3 atom stereocenters. The normalized spacial score (nSPS) is 35.9. The highest BCUT2D eigenvalue weighted by atomic mass is 16.1. The van der Waals surface area contributed by atoms with Gasteiger partial charge < -0.3 is 0 Å². The van der Waals surface area contributed by atoms with Gasteiger partial charge in [-0.2, -0.15) is 10.5 Å². The zero-order valence-electron chi connectivity index (χ0n) is 14.7. The van der Waals surface area contributed by atoms with Crippen molar-refractivity contribution in [2.24, 2.45) is 22.2 Å². The molecule has 0 aromatic carbocycles. The average molecular weight is 332 g/mol. The van der Waals surface area contributed by atoms with Gasteiger partial charge in [0, 0.05) is 16.2 Å². The number of hydrogen-bond acceptors (Lipinski definition) is 4. The number of nitriles is 2. The highest BCUT2D eigenvalue weighted by molar-refractivity contribution is 6.09. The van der Waals surface area contributed by atoms with Crippen molar-refractivity contribution in [1.82, 2.24) is 0 Å². The van der Waals surface area contributed by atoms with Crippen molar-refractivity contribution in [3.8, 4) is 12.1 Å². The van der Waals surface area contributed by atoms with Crippen LogP contribution in [-0.4, -0.2) is 11.6 Å². The Morgan fingerprint density at radius 2 is 1.80 bits per heavy atom. The third-order valence-electron chi connectivity index (χ3n) is 6.35. The maximum Gasteiger partial charge on any atom is 0.196 e. The molecule has 3 rings (SSSR count). The molecule has 1 saturated carbocycles. The summed E-state index contributed by atoms with van der Waals surface area (Å²) in [6.07, 6.45) is 8.19. The van der Waals surface area contributed by atoms with E-state index in [0.29, 0.717) is 6.42 Å². The van der Waals surface area contributed by atoms with Crippen LogP contribution in [0, 0.1) is 44.8 Å². The van der Waals surface area contributed by atoms with Crippen LogP contribution in [0.4, 0.5) is 0 Å². The lowest BCUT2D eigenvalue weighted by Crippen LogP contribution is -2.53. The third kappa shape index (κ3) is 2.04. The monoisotopic (exact) mass is 332 g/mol. The van der Waals surface area contributed by atoms with Crippen LogP contribution in [0.3, 0.4) is 0 Å². The largest absolute Gasteiger partial charge is 0.293 e. The van der Waals surface area contributed by atoms with E-state index in [0.717, 1.165) is 12.0 Å². The van der Waals surface area contributed by atoms with Crippen molar-refractivity contribution in [3.05, 3.63) is 47.6 Å². The van der Waals surface area contributed by atoms with Crippen molar-refractivity contribution < 1.29 is 9.59 Å². The molecular weight excluding hydrogens is 312 g/mol. The molecule has 4 heteroatoms. The van der Waals surface area contributed by atoms with Crippen LogP contribution in [-0.2, 0) is 9.59 Å². The van der Waals surface area contributed by atoms with E-state index < -0.39 is 16.2 Å². The molecule has 25 heavy (non-hydrogen) atoms. The first-order chi connectivity index (χ1) is 11.7. The van der Waals surface area contributed by atoms with Crippen molar-refractivity contribution in [2.45, 2.75) is 33.6 Å². The first-order valence-corrected chi connectivity index (χ1v) is 8.37. The van der Waals surface area contributed by atoms with E-state index in [4.69, 9.17) is 0 Å². The predicted molar refractivity (Wildman–Crippen MR) is 92.7 cm³/mol. The molecule has 0 bridgehead atoms. The number of fused-ring (bicyclic) bond motifs is 3. The molecule has 0 aromatic rings. The second-order valence-corrected chi connectivity index (χ2v) is 7.93. The number of nitrogens with zero attached hydrogens (tertiary/aromatic N) is 2. The Kier molecular flexibility index (Phi) is 3.52. The molecule has 3 aliphatic rings. The maximum absolute atomic E-state index is 12.7. The highest BCUT2D eigenvalue weighted by Crippen LogP contribution is 2.63. The van der Waals surface area contributed by atoms with Crippen molar-refractivity contribution in [1.29, 1.82) is 10.5 Å². The van der Waals surface area contributed by atoms with Crippen molar-refractivity contribution >= 4 is 11.6 Å². The Hall–Kier alpha value is -2.72. The number of carbonyl (C=O) groups excluding carboxylic acids is 2. The van der Waals surface area contributed by atoms with Gasteiger partial charge in [0.05, 0.1) is 11.1 Å². The van der Waals surface area contributed by atoms with Crippen LogP contribution in [0.15, 0.2) is 47.6 Å². The van der Waals surface area contributed by atoms with Crippen LogP contribution in [0.2, 0.25) is 0 Å². The molecule has 0 heterocycles. The fourth-order valence-electron chi connectivity index (χ4n) is 5.09. The summed E-state index contributed by atoms with van der Waals surface area (Å²) in [5, 5.41) is 18.7. The van der Waals surface area contributed by atoms with Crippen LogP contribution >= 0.6 is 0 Å². The molecule has 1 fully saturated rings. The van der Waals surface area contributed by atoms with E-state index in [2.05, 4.69) is 6.58 Å². The number of carbonyl (C=O) groups is 2. The summed E-state index contributed by atoms with van der Waals surface area (Å²) in [6, 6.07) is 4.00. The van der Waals surface area contributed by atoms with Crippen LogP contribution < -0.4 is 0 Å². The molecule has 0 amide bonds. The molecule has 126 valence electrons. The van der Waals surface area contributed by atoms with Crippen LogP contribution in [0.5, 0.6) is 0 Å². The van der Waals surface area contributed by atoms with Gasteiger partial charge in [-0.1, -0.05) is 32.9 Å². The molecular formula is C21H20N2O2. The predicted octanol–water partition coefficient (Wildman–Crippen LogP) is 3.59. The smallest absolute Gasteiger partial charge is 0.196 e. The fraction of sp³-hybridized carbons (Fsp3) is 0.429. The Bertz CT molecular complexity index is 888. The molecule has 0 spiro atoms. The minimum Gasteiger partial charge on any atom is -0.293 e. The summed E-state index contributed by atoms with van der Waals surface area (Å²) in [5.74, 6) is -0.480. The van der Waals surface area contributed by atoms with Crippen molar-refractivity contribution in [3.63, 3.8) is 0 Å². The zero-order chi connectivity index (χ0) is 18.6. The van der Waals surface area contributed by atoms with E-state index in [-0.39, 0.29) is 28.6 Å². The van der Waals surface area contributed by atoms with Gasteiger partial charge in [-0.3, -0.25) is 9.59 Å². The lowest BCUT2D eigenvalue weighted by molar-refractivity contribution is -0.130. The summed E-state index contributed by atoms with van der Waals surface area (Å²) in [7, 11) is 0. The molecule has 0 N–H and O–H groups in total. The second-order valence-electron chi connectivity index (χ2n) is 7.93. The lowest BCUT2D eigenvalue weighted by atomic mass is 9.45. The van der Waals surface area contributed by atoms with Gasteiger partial charge in [-0.05, 0) is 36.5 Å². The van der Waals surface area contributed by atoms with Gasteiger partial charge >= 0.3 is 0 Å². The molecule has 0 aliphatic heterocycles. The van der Waals surface area contributed by atoms with E-state index >= 15 is 0 Å². The Labute approximate surface area is 147 Å². The molecule has 0 saturated heterocycles. The standard InChI is InChI=1S/C21H20N2O2/c1-5-21-7-6-16-19(2,3)18(25)14(12-23)9-20(16,4)17(21)8-15(24)13(10-21)11-22/h5,8-10,16H,1,6-7H2,2-4H3/t16?,20?,21-/m0/s1. The van der Waals surface area contributed by atoms with E-state index in [1.165, 1.54) is 6.08 Å². The second kappa shape index (κ2) is 5.14. The van der Waals surface area contributed by atoms with Gasteiger partial charge in [0.1, 0.15) is 12.1 Å².